The van der Waals surface area contributed by atoms with Crippen molar-refractivity contribution in [3.05, 3.63) is 22.7 Å². The van der Waals surface area contributed by atoms with Gasteiger partial charge >= 0.3 is 0 Å². The lowest BCUT2D eigenvalue weighted by atomic mass is 9.61. The summed E-state index contributed by atoms with van der Waals surface area (Å²) >= 11 is 0. The van der Waals surface area contributed by atoms with Crippen LogP contribution in [0, 0.1) is 11.3 Å². The summed E-state index contributed by atoms with van der Waals surface area (Å²) in [4.78, 5) is 29.4. The summed E-state index contributed by atoms with van der Waals surface area (Å²) in [6.45, 7) is 0. The van der Waals surface area contributed by atoms with E-state index in [1.165, 1.54) is 30.3 Å². The molecule has 2 fully saturated rings. The number of nitrogens with zero attached hydrogens (tertiary/aromatic N) is 2. The zero-order valence-corrected chi connectivity index (χ0v) is 14.0. The van der Waals surface area contributed by atoms with Crippen molar-refractivity contribution < 1.29 is 4.79 Å². The highest BCUT2D eigenvalue weighted by molar-refractivity contribution is 5.94. The van der Waals surface area contributed by atoms with Crippen LogP contribution in [-0.2, 0) is 11.8 Å². The third kappa shape index (κ3) is 3.19. The molecular weight excluding hydrogens is 290 g/mol. The first kappa shape index (κ1) is 16.2. The molecule has 2 saturated carbocycles. The second-order valence-corrected chi connectivity index (χ2v) is 7.20. The van der Waals surface area contributed by atoms with Crippen LogP contribution in [0.2, 0.25) is 0 Å². The van der Waals surface area contributed by atoms with Gasteiger partial charge in [-0.05, 0) is 31.6 Å². The first-order chi connectivity index (χ1) is 11.1. The van der Waals surface area contributed by atoms with Crippen molar-refractivity contribution >= 4 is 11.7 Å². The number of carbonyl (C=O) groups excluding carboxylic acids is 1. The third-order valence-corrected chi connectivity index (χ3v) is 5.83. The van der Waals surface area contributed by atoms with Gasteiger partial charge in [0.15, 0.2) is 5.82 Å². The van der Waals surface area contributed by atoms with E-state index in [1.807, 2.05) is 0 Å². The van der Waals surface area contributed by atoms with Crippen molar-refractivity contribution in [3.8, 4) is 0 Å². The molecular formula is C18H27N3O2. The summed E-state index contributed by atoms with van der Waals surface area (Å²) in [5.74, 6) is 0.657. The average molecular weight is 317 g/mol. The van der Waals surface area contributed by atoms with Crippen LogP contribution in [-0.4, -0.2) is 15.5 Å². The summed E-state index contributed by atoms with van der Waals surface area (Å²) in [7, 11) is 1.68. The number of amides is 1. The molecule has 23 heavy (non-hydrogen) atoms. The quantitative estimate of drug-likeness (QED) is 0.930. The monoisotopic (exact) mass is 317 g/mol. The molecule has 0 unspecified atom stereocenters. The van der Waals surface area contributed by atoms with E-state index >= 15 is 0 Å². The molecule has 3 rings (SSSR count). The number of nitrogens with one attached hydrogen (secondary N) is 1. The maximum absolute atomic E-state index is 13.2. The number of aryl methyl sites for hydroxylation is 1. The van der Waals surface area contributed by atoms with Gasteiger partial charge in [0.05, 0.1) is 5.41 Å². The number of anilines is 1. The van der Waals surface area contributed by atoms with Crippen molar-refractivity contribution in [1.29, 1.82) is 0 Å². The van der Waals surface area contributed by atoms with Crippen LogP contribution < -0.4 is 10.9 Å². The Kier molecular flexibility index (Phi) is 4.83. The predicted octanol–water partition coefficient (Wildman–Crippen LogP) is 3.25. The third-order valence-electron chi connectivity index (χ3n) is 5.83. The highest BCUT2D eigenvalue weighted by atomic mass is 16.2. The SMILES string of the molecule is Cn1ccnc(NC(=O)C2(C3CCCCC3)CCCCC2)c1=O. The van der Waals surface area contributed by atoms with Crippen LogP contribution in [0.5, 0.6) is 0 Å². The summed E-state index contributed by atoms with van der Waals surface area (Å²) in [5, 5.41) is 2.88. The molecule has 1 N–H and O–H groups in total. The van der Waals surface area contributed by atoms with E-state index in [0.717, 1.165) is 38.5 Å². The van der Waals surface area contributed by atoms with Crippen LogP contribution in [0.1, 0.15) is 64.2 Å². The van der Waals surface area contributed by atoms with Crippen LogP contribution in [0.3, 0.4) is 0 Å². The molecule has 1 aromatic rings. The van der Waals surface area contributed by atoms with E-state index in [2.05, 4.69) is 10.3 Å². The van der Waals surface area contributed by atoms with Crippen molar-refractivity contribution in [2.45, 2.75) is 64.2 Å². The summed E-state index contributed by atoms with van der Waals surface area (Å²) in [6.07, 6.45) is 14.6. The second kappa shape index (κ2) is 6.85. The fraction of sp³-hybridized carbons (Fsp3) is 0.722. The molecule has 126 valence electrons. The van der Waals surface area contributed by atoms with Gasteiger partial charge in [0.25, 0.3) is 5.56 Å². The summed E-state index contributed by atoms with van der Waals surface area (Å²) in [6, 6.07) is 0. The molecule has 2 aliphatic rings. The van der Waals surface area contributed by atoms with Gasteiger partial charge in [-0.15, -0.1) is 0 Å². The highest BCUT2D eigenvalue weighted by Gasteiger charge is 2.46. The zero-order valence-electron chi connectivity index (χ0n) is 14.0. The van der Waals surface area contributed by atoms with Crippen LogP contribution in [0.25, 0.3) is 0 Å². The Bertz CT molecular complexity index is 611. The molecule has 0 atom stereocenters. The fourth-order valence-electron chi connectivity index (χ4n) is 4.47. The van der Waals surface area contributed by atoms with Gasteiger partial charge in [-0.25, -0.2) is 4.98 Å². The smallest absolute Gasteiger partial charge is 0.293 e. The van der Waals surface area contributed by atoms with Gasteiger partial charge < -0.3 is 9.88 Å². The highest BCUT2D eigenvalue weighted by Crippen LogP contribution is 2.48. The van der Waals surface area contributed by atoms with E-state index in [9.17, 15) is 9.59 Å². The Balaban J connectivity index is 1.85. The Morgan fingerprint density at radius 1 is 1.17 bits per heavy atom. The van der Waals surface area contributed by atoms with Crippen molar-refractivity contribution in [2.75, 3.05) is 5.32 Å². The second-order valence-electron chi connectivity index (χ2n) is 7.20. The fourth-order valence-corrected chi connectivity index (χ4v) is 4.47. The van der Waals surface area contributed by atoms with Gasteiger partial charge in [0.1, 0.15) is 0 Å². The number of aromatic nitrogens is 2. The summed E-state index contributed by atoms with van der Waals surface area (Å²) < 4.78 is 1.46. The van der Waals surface area contributed by atoms with Gasteiger partial charge in [-0.1, -0.05) is 38.5 Å². The number of hydrogen-bond donors (Lipinski definition) is 1. The molecule has 5 heteroatoms. The Hall–Kier alpha value is -1.65. The molecule has 5 nitrogen and oxygen atoms in total. The topological polar surface area (TPSA) is 64.0 Å². The van der Waals surface area contributed by atoms with E-state index in [1.54, 1.807) is 19.4 Å². The van der Waals surface area contributed by atoms with Crippen molar-refractivity contribution in [3.63, 3.8) is 0 Å². The standard InChI is InChI=1S/C18H27N3O2/c1-21-13-12-19-15(16(21)22)20-17(23)18(10-6-3-7-11-18)14-8-4-2-5-9-14/h12-14H,2-11H2,1H3,(H,19,20,23). The largest absolute Gasteiger partial charge is 0.314 e. The minimum atomic E-state index is -0.290. The normalized spacial score (nSPS) is 21.8. The minimum absolute atomic E-state index is 0.0277. The molecule has 0 saturated heterocycles. The number of rotatable bonds is 3. The van der Waals surface area contributed by atoms with E-state index in [-0.39, 0.29) is 22.7 Å². The minimum Gasteiger partial charge on any atom is -0.314 e. The Labute approximate surface area is 137 Å². The van der Waals surface area contributed by atoms with Crippen molar-refractivity contribution in [1.82, 2.24) is 9.55 Å². The van der Waals surface area contributed by atoms with Gasteiger partial charge in [-0.3, -0.25) is 9.59 Å². The van der Waals surface area contributed by atoms with Gasteiger partial charge in [-0.2, -0.15) is 0 Å². The first-order valence-corrected chi connectivity index (χ1v) is 8.96. The van der Waals surface area contributed by atoms with Crippen LogP contribution >= 0.6 is 0 Å². The first-order valence-electron chi connectivity index (χ1n) is 8.96. The molecule has 1 heterocycles. The predicted molar refractivity (Wildman–Crippen MR) is 90.2 cm³/mol. The molecule has 0 aliphatic heterocycles. The molecule has 0 radical (unpaired) electrons. The lowest BCUT2D eigenvalue weighted by molar-refractivity contribution is -0.132. The van der Waals surface area contributed by atoms with Gasteiger partial charge in [0, 0.05) is 19.4 Å². The van der Waals surface area contributed by atoms with Crippen LogP contribution in [0.4, 0.5) is 5.82 Å². The molecule has 0 aromatic carbocycles. The van der Waals surface area contributed by atoms with E-state index in [0.29, 0.717) is 5.92 Å². The van der Waals surface area contributed by atoms with Crippen LogP contribution in [0.15, 0.2) is 17.2 Å². The Morgan fingerprint density at radius 2 is 1.83 bits per heavy atom. The maximum atomic E-state index is 13.2. The number of hydrogen-bond acceptors (Lipinski definition) is 3. The van der Waals surface area contributed by atoms with Gasteiger partial charge in [0.2, 0.25) is 5.91 Å². The summed E-state index contributed by atoms with van der Waals surface area (Å²) in [5.41, 5.74) is -0.531. The molecule has 0 spiro atoms. The number of carbonyl (C=O) groups is 1. The lowest BCUT2D eigenvalue weighted by Gasteiger charge is -2.43. The Morgan fingerprint density at radius 3 is 2.52 bits per heavy atom. The van der Waals surface area contributed by atoms with E-state index in [4.69, 9.17) is 0 Å². The van der Waals surface area contributed by atoms with E-state index < -0.39 is 0 Å². The average Bonchev–Trinajstić information content (AvgIpc) is 2.60. The zero-order chi connectivity index (χ0) is 16.3. The lowest BCUT2D eigenvalue weighted by Crippen LogP contribution is -2.45. The molecule has 1 aromatic heterocycles. The molecule has 0 bridgehead atoms. The molecule has 1 amide bonds. The molecule has 2 aliphatic carbocycles. The van der Waals surface area contributed by atoms with Crippen molar-refractivity contribution in [2.24, 2.45) is 18.4 Å². The maximum Gasteiger partial charge on any atom is 0.293 e.